The van der Waals surface area contributed by atoms with Crippen LogP contribution >= 0.6 is 0 Å². The van der Waals surface area contributed by atoms with Crippen molar-refractivity contribution in [3.05, 3.63) is 29.8 Å². The monoisotopic (exact) mass is 294 g/mol. The minimum absolute atomic E-state index is 0.0227. The van der Waals surface area contributed by atoms with E-state index in [1.165, 1.54) is 24.3 Å². The van der Waals surface area contributed by atoms with Crippen molar-refractivity contribution >= 4 is 15.7 Å². The average Bonchev–Trinajstić information content (AvgIpc) is 2.37. The highest BCUT2D eigenvalue weighted by atomic mass is 32.2. The van der Waals surface area contributed by atoms with Gasteiger partial charge in [-0.2, -0.15) is 5.26 Å². The van der Waals surface area contributed by atoms with Crippen molar-refractivity contribution in [3.63, 3.8) is 0 Å². The lowest BCUT2D eigenvalue weighted by atomic mass is 10.1. The van der Waals surface area contributed by atoms with Crippen LogP contribution in [0.15, 0.2) is 29.2 Å². The number of nitrogens with zero attached hydrogens (tertiary/aromatic N) is 2. The maximum atomic E-state index is 12.3. The Morgan fingerprint density at radius 1 is 1.30 bits per heavy atom. The van der Waals surface area contributed by atoms with Gasteiger partial charge in [-0.1, -0.05) is 0 Å². The lowest BCUT2D eigenvalue weighted by Gasteiger charge is -2.25. The fourth-order valence-electron chi connectivity index (χ4n) is 1.78. The van der Waals surface area contributed by atoms with E-state index in [4.69, 9.17) is 5.26 Å². The second-order valence-corrected chi connectivity index (χ2v) is 6.81. The van der Waals surface area contributed by atoms with Gasteiger partial charge in [-0.3, -0.25) is 4.79 Å². The lowest BCUT2D eigenvalue weighted by molar-refractivity contribution is 0.0710. The Labute approximate surface area is 119 Å². The summed E-state index contributed by atoms with van der Waals surface area (Å²) in [5.41, 5.74) is 0.420. The summed E-state index contributed by atoms with van der Waals surface area (Å²) >= 11 is 0. The smallest absolute Gasteiger partial charge is 0.254 e. The molecular formula is C14H18N2O3S. The summed E-state index contributed by atoms with van der Waals surface area (Å²) < 4.78 is 22.7. The van der Waals surface area contributed by atoms with Gasteiger partial charge in [0, 0.05) is 24.4 Å². The Kier molecular flexibility index (Phi) is 5.28. The first-order valence-corrected chi connectivity index (χ1v) is 8.14. The third-order valence-electron chi connectivity index (χ3n) is 2.88. The summed E-state index contributed by atoms with van der Waals surface area (Å²) in [5, 5.41) is 8.62. The summed E-state index contributed by atoms with van der Waals surface area (Å²) in [4.78, 5) is 14.1. The first-order valence-electron chi connectivity index (χ1n) is 6.25. The molecule has 1 rings (SSSR count). The Hall–Kier alpha value is -1.87. The third kappa shape index (κ3) is 4.07. The fraction of sp³-hybridized carbons (Fsp3) is 0.429. The van der Waals surface area contributed by atoms with Gasteiger partial charge in [-0.05, 0) is 38.1 Å². The van der Waals surface area contributed by atoms with Crippen LogP contribution in [0.1, 0.15) is 30.6 Å². The van der Waals surface area contributed by atoms with Crippen molar-refractivity contribution in [1.82, 2.24) is 4.90 Å². The first-order chi connectivity index (χ1) is 9.27. The summed E-state index contributed by atoms with van der Waals surface area (Å²) in [6, 6.07) is 7.84. The van der Waals surface area contributed by atoms with Crippen LogP contribution in [-0.4, -0.2) is 38.1 Å². The van der Waals surface area contributed by atoms with Gasteiger partial charge in [0.15, 0.2) is 9.84 Å². The normalized spacial score (nSPS) is 11.2. The van der Waals surface area contributed by atoms with Crippen LogP contribution in [0.2, 0.25) is 0 Å². The van der Waals surface area contributed by atoms with E-state index in [0.717, 1.165) is 6.26 Å². The van der Waals surface area contributed by atoms with Gasteiger partial charge in [0.25, 0.3) is 5.91 Å². The van der Waals surface area contributed by atoms with Gasteiger partial charge >= 0.3 is 0 Å². The minimum atomic E-state index is -3.26. The van der Waals surface area contributed by atoms with E-state index in [2.05, 4.69) is 0 Å². The molecule has 0 bridgehead atoms. The van der Waals surface area contributed by atoms with E-state index in [0.29, 0.717) is 12.1 Å². The molecule has 0 heterocycles. The molecule has 0 spiro atoms. The van der Waals surface area contributed by atoms with Crippen molar-refractivity contribution < 1.29 is 13.2 Å². The zero-order valence-electron chi connectivity index (χ0n) is 11.8. The molecule has 0 unspecified atom stereocenters. The van der Waals surface area contributed by atoms with Crippen LogP contribution in [0, 0.1) is 11.3 Å². The number of amides is 1. The Morgan fingerprint density at radius 2 is 1.85 bits per heavy atom. The maximum Gasteiger partial charge on any atom is 0.254 e. The predicted octanol–water partition coefficient (Wildman–Crippen LogP) is 1.85. The molecule has 1 aromatic carbocycles. The van der Waals surface area contributed by atoms with Crippen molar-refractivity contribution in [2.24, 2.45) is 0 Å². The van der Waals surface area contributed by atoms with Crippen LogP contribution in [0.5, 0.6) is 0 Å². The van der Waals surface area contributed by atoms with Gasteiger partial charge in [-0.25, -0.2) is 8.42 Å². The SMILES string of the molecule is CC(C)N(CCC#N)C(=O)c1ccc(S(C)(=O)=O)cc1. The molecule has 0 aliphatic heterocycles. The molecule has 0 aliphatic rings. The highest BCUT2D eigenvalue weighted by Gasteiger charge is 2.18. The van der Waals surface area contributed by atoms with Gasteiger partial charge in [0.2, 0.25) is 0 Å². The Morgan fingerprint density at radius 3 is 2.25 bits per heavy atom. The number of benzene rings is 1. The fourth-order valence-corrected chi connectivity index (χ4v) is 2.41. The molecule has 0 N–H and O–H groups in total. The predicted molar refractivity (Wildman–Crippen MR) is 76.0 cm³/mol. The van der Waals surface area contributed by atoms with Gasteiger partial charge in [0.1, 0.15) is 0 Å². The molecule has 1 aromatic rings. The van der Waals surface area contributed by atoms with E-state index in [-0.39, 0.29) is 23.3 Å². The van der Waals surface area contributed by atoms with Crippen molar-refractivity contribution in [2.45, 2.75) is 31.2 Å². The number of hydrogen-bond donors (Lipinski definition) is 0. The standard InChI is InChI=1S/C14H18N2O3S/c1-11(2)16(10-4-9-15)14(17)12-5-7-13(8-6-12)20(3,18)19/h5-8,11H,4,10H2,1-3H3. The second kappa shape index (κ2) is 6.53. The Bertz CT molecular complexity index is 613. The average molecular weight is 294 g/mol. The van der Waals surface area contributed by atoms with Crippen LogP contribution in [0.25, 0.3) is 0 Å². The third-order valence-corrected chi connectivity index (χ3v) is 4.01. The molecule has 20 heavy (non-hydrogen) atoms. The summed E-state index contributed by atoms with van der Waals surface area (Å²) in [7, 11) is -3.26. The highest BCUT2D eigenvalue weighted by Crippen LogP contribution is 2.13. The van der Waals surface area contributed by atoms with Gasteiger partial charge in [0.05, 0.1) is 17.4 Å². The molecule has 0 radical (unpaired) electrons. The molecule has 0 aromatic heterocycles. The van der Waals surface area contributed by atoms with Crippen LogP contribution in [0.3, 0.4) is 0 Å². The summed E-state index contributed by atoms with van der Waals surface area (Å²) in [6.07, 6.45) is 1.39. The Balaban J connectivity index is 2.99. The molecule has 5 nitrogen and oxygen atoms in total. The van der Waals surface area contributed by atoms with E-state index in [1.54, 1.807) is 4.90 Å². The largest absolute Gasteiger partial charge is 0.335 e. The number of rotatable bonds is 5. The summed E-state index contributed by atoms with van der Waals surface area (Å²) in [5.74, 6) is -0.199. The highest BCUT2D eigenvalue weighted by molar-refractivity contribution is 7.90. The number of hydrogen-bond acceptors (Lipinski definition) is 4. The second-order valence-electron chi connectivity index (χ2n) is 4.80. The molecule has 0 atom stereocenters. The maximum absolute atomic E-state index is 12.3. The van der Waals surface area contributed by atoms with E-state index >= 15 is 0 Å². The quantitative estimate of drug-likeness (QED) is 0.830. The van der Waals surface area contributed by atoms with Crippen LogP contribution in [-0.2, 0) is 9.84 Å². The van der Waals surface area contributed by atoms with Gasteiger partial charge < -0.3 is 4.90 Å². The zero-order chi connectivity index (χ0) is 15.3. The summed E-state index contributed by atoms with van der Waals surface area (Å²) in [6.45, 7) is 4.11. The molecule has 0 saturated heterocycles. The van der Waals surface area contributed by atoms with Crippen molar-refractivity contribution in [1.29, 1.82) is 5.26 Å². The number of sulfone groups is 1. The molecule has 1 amide bonds. The number of carbonyl (C=O) groups excluding carboxylic acids is 1. The first kappa shape index (κ1) is 16.2. The zero-order valence-corrected chi connectivity index (χ0v) is 12.6. The number of nitriles is 1. The van der Waals surface area contributed by atoms with Crippen LogP contribution in [0.4, 0.5) is 0 Å². The van der Waals surface area contributed by atoms with E-state index in [9.17, 15) is 13.2 Å². The lowest BCUT2D eigenvalue weighted by Crippen LogP contribution is -2.37. The molecule has 0 fully saturated rings. The molecule has 6 heteroatoms. The van der Waals surface area contributed by atoms with Gasteiger partial charge in [-0.15, -0.1) is 0 Å². The molecule has 0 saturated carbocycles. The van der Waals surface area contributed by atoms with E-state index in [1.807, 2.05) is 19.9 Å². The number of carbonyl (C=O) groups is 1. The topological polar surface area (TPSA) is 78.2 Å². The molecule has 108 valence electrons. The van der Waals surface area contributed by atoms with E-state index < -0.39 is 9.84 Å². The minimum Gasteiger partial charge on any atom is -0.335 e. The van der Waals surface area contributed by atoms with Crippen LogP contribution < -0.4 is 0 Å². The molecular weight excluding hydrogens is 276 g/mol. The molecule has 0 aliphatic carbocycles. The van der Waals surface area contributed by atoms with Crippen molar-refractivity contribution in [3.8, 4) is 6.07 Å². The van der Waals surface area contributed by atoms with Crippen molar-refractivity contribution in [2.75, 3.05) is 12.8 Å².